The van der Waals surface area contributed by atoms with Crippen molar-refractivity contribution in [2.45, 2.75) is 31.0 Å². The number of carbonyl (C=O) groups is 1. The van der Waals surface area contributed by atoms with E-state index in [-0.39, 0.29) is 24.5 Å². The molecule has 4 aromatic rings. The highest BCUT2D eigenvalue weighted by atomic mass is 19.1. The maximum absolute atomic E-state index is 14.5. The maximum atomic E-state index is 14.5. The molecule has 0 unspecified atom stereocenters. The van der Waals surface area contributed by atoms with Gasteiger partial charge >= 0.3 is 0 Å². The minimum atomic E-state index is -1.67. The number of aliphatic hydroxyl groups is 1. The molecule has 0 saturated carbocycles. The second-order valence-electron chi connectivity index (χ2n) is 10.1. The molecule has 0 fully saturated rings. The van der Waals surface area contributed by atoms with Crippen LogP contribution in [0.4, 0.5) is 14.5 Å². The lowest BCUT2D eigenvalue weighted by atomic mass is 9.81. The van der Waals surface area contributed by atoms with Crippen LogP contribution in [0.25, 0.3) is 10.4 Å². The lowest BCUT2D eigenvalue weighted by Crippen LogP contribution is -2.49. The van der Waals surface area contributed by atoms with E-state index in [1.54, 1.807) is 72.8 Å². The van der Waals surface area contributed by atoms with Gasteiger partial charge in [-0.05, 0) is 53.1 Å². The Kier molecular flexibility index (Phi) is 9.49. The van der Waals surface area contributed by atoms with Crippen molar-refractivity contribution in [1.82, 2.24) is 5.32 Å². The number of rotatable bonds is 12. The van der Waals surface area contributed by atoms with Crippen LogP contribution in [0.2, 0.25) is 0 Å². The normalized spacial score (nSPS) is 17.2. The molecule has 0 spiro atoms. The van der Waals surface area contributed by atoms with Crippen molar-refractivity contribution in [3.8, 4) is 5.75 Å². The third-order valence-corrected chi connectivity index (χ3v) is 7.22. The van der Waals surface area contributed by atoms with Gasteiger partial charge in [-0.25, -0.2) is 13.8 Å². The average Bonchev–Trinajstić information content (AvgIpc) is 3.43. The van der Waals surface area contributed by atoms with Gasteiger partial charge in [0.1, 0.15) is 17.4 Å². The van der Waals surface area contributed by atoms with Crippen LogP contribution in [0.5, 0.6) is 5.75 Å². The molecule has 1 amide bonds. The third-order valence-electron chi connectivity index (χ3n) is 7.22. The van der Waals surface area contributed by atoms with Gasteiger partial charge in [0, 0.05) is 47.7 Å². The minimum absolute atomic E-state index is 0.0140. The second kappa shape index (κ2) is 13.8. The molecule has 0 aromatic heterocycles. The second-order valence-corrected chi connectivity index (χ2v) is 10.1. The molecule has 0 aliphatic carbocycles. The fourth-order valence-electron chi connectivity index (χ4n) is 5.03. The largest absolute Gasteiger partial charge is 0.494 e. The SMILES string of the molecule is [N-]=[N+]=Nc1ccccc1C[C@@]1(C(=O)NCc2c(F)cccc2F)N=C(c2ccc(OCCCO)cc2)O[C@@H]1c1ccccc1. The molecule has 2 atom stereocenters. The molecule has 1 aliphatic rings. The number of benzene rings is 4. The van der Waals surface area contributed by atoms with Crippen LogP contribution >= 0.6 is 0 Å². The Hall–Kier alpha value is -5.25. The van der Waals surface area contributed by atoms with E-state index < -0.39 is 35.7 Å². The average molecular weight is 598 g/mol. The highest BCUT2D eigenvalue weighted by Gasteiger charge is 2.53. The van der Waals surface area contributed by atoms with Gasteiger partial charge in [0.05, 0.1) is 6.61 Å². The number of amides is 1. The Labute approximate surface area is 252 Å². The summed E-state index contributed by atoms with van der Waals surface area (Å²) in [5.41, 5.74) is 9.27. The molecule has 1 heterocycles. The predicted molar refractivity (Wildman–Crippen MR) is 160 cm³/mol. The van der Waals surface area contributed by atoms with Gasteiger partial charge in [0.25, 0.3) is 5.91 Å². The highest BCUT2D eigenvalue weighted by molar-refractivity contribution is 6.01. The lowest BCUT2D eigenvalue weighted by Gasteiger charge is -2.31. The Morgan fingerprint density at radius 1 is 1.00 bits per heavy atom. The molecular formula is C33H29F2N5O4. The number of hydrogen-bond acceptors (Lipinski definition) is 6. The predicted octanol–water partition coefficient (Wildman–Crippen LogP) is 6.48. The van der Waals surface area contributed by atoms with E-state index in [0.717, 1.165) is 12.1 Å². The lowest BCUT2D eigenvalue weighted by molar-refractivity contribution is -0.129. The third kappa shape index (κ3) is 6.54. The molecule has 224 valence electrons. The first-order chi connectivity index (χ1) is 21.4. The molecule has 0 saturated heterocycles. The number of ether oxygens (including phenoxy) is 2. The molecule has 0 radical (unpaired) electrons. The number of aliphatic imine (C=N–C) groups is 1. The van der Waals surface area contributed by atoms with E-state index in [9.17, 15) is 19.1 Å². The highest BCUT2D eigenvalue weighted by Crippen LogP contribution is 2.43. The first-order valence-electron chi connectivity index (χ1n) is 13.9. The van der Waals surface area contributed by atoms with Crippen molar-refractivity contribution in [2.24, 2.45) is 10.1 Å². The van der Waals surface area contributed by atoms with Crippen LogP contribution < -0.4 is 10.1 Å². The van der Waals surface area contributed by atoms with Crippen molar-refractivity contribution in [3.63, 3.8) is 0 Å². The van der Waals surface area contributed by atoms with Crippen molar-refractivity contribution in [3.05, 3.63) is 141 Å². The summed E-state index contributed by atoms with van der Waals surface area (Å²) in [4.78, 5) is 22.1. The van der Waals surface area contributed by atoms with E-state index >= 15 is 0 Å². The van der Waals surface area contributed by atoms with Gasteiger partial charge in [0.15, 0.2) is 11.6 Å². The van der Waals surface area contributed by atoms with Gasteiger partial charge < -0.3 is 19.9 Å². The molecular weight excluding hydrogens is 568 g/mol. The van der Waals surface area contributed by atoms with Crippen LogP contribution in [-0.4, -0.2) is 35.7 Å². The van der Waals surface area contributed by atoms with Crippen molar-refractivity contribution in [2.75, 3.05) is 13.2 Å². The van der Waals surface area contributed by atoms with Crippen LogP contribution in [0.3, 0.4) is 0 Å². The Morgan fingerprint density at radius 2 is 1.70 bits per heavy atom. The zero-order valence-electron chi connectivity index (χ0n) is 23.6. The van der Waals surface area contributed by atoms with E-state index in [0.29, 0.717) is 41.2 Å². The number of nitrogens with one attached hydrogen (secondary N) is 1. The fourth-order valence-corrected chi connectivity index (χ4v) is 5.03. The molecule has 5 rings (SSSR count). The quantitative estimate of drug-likeness (QED) is 0.0838. The van der Waals surface area contributed by atoms with Crippen molar-refractivity contribution in [1.29, 1.82) is 0 Å². The van der Waals surface area contributed by atoms with E-state index in [2.05, 4.69) is 15.3 Å². The van der Waals surface area contributed by atoms with Gasteiger partial charge in [-0.15, -0.1) is 0 Å². The zero-order chi connectivity index (χ0) is 30.9. The van der Waals surface area contributed by atoms with Crippen molar-refractivity contribution >= 4 is 17.5 Å². The topological polar surface area (TPSA) is 129 Å². The van der Waals surface area contributed by atoms with Gasteiger partial charge in [-0.1, -0.05) is 65.8 Å². The van der Waals surface area contributed by atoms with Crippen molar-refractivity contribution < 1.29 is 28.2 Å². The number of aliphatic hydroxyl groups excluding tert-OH is 1. The summed E-state index contributed by atoms with van der Waals surface area (Å²) in [6.45, 7) is -0.0662. The van der Waals surface area contributed by atoms with Gasteiger partial charge in [-0.3, -0.25) is 4.79 Å². The fraction of sp³-hybridized carbons (Fsp3) is 0.212. The van der Waals surface area contributed by atoms with E-state index in [1.165, 1.54) is 6.07 Å². The summed E-state index contributed by atoms with van der Waals surface area (Å²) in [5, 5.41) is 15.5. The van der Waals surface area contributed by atoms with E-state index in [1.807, 2.05) is 6.07 Å². The Bertz CT molecular complexity index is 1670. The number of carbonyl (C=O) groups excluding carboxylic acids is 1. The monoisotopic (exact) mass is 597 g/mol. The molecule has 9 nitrogen and oxygen atoms in total. The number of hydrogen-bond donors (Lipinski definition) is 2. The molecule has 2 N–H and O–H groups in total. The van der Waals surface area contributed by atoms with Crippen LogP contribution in [0.1, 0.15) is 34.8 Å². The van der Waals surface area contributed by atoms with Crippen LogP contribution in [0.15, 0.2) is 107 Å². The molecule has 0 bridgehead atoms. The molecule has 4 aromatic carbocycles. The summed E-state index contributed by atoms with van der Waals surface area (Å²) in [5.74, 6) is -1.46. The minimum Gasteiger partial charge on any atom is -0.494 e. The van der Waals surface area contributed by atoms with Gasteiger partial charge in [0.2, 0.25) is 5.90 Å². The Morgan fingerprint density at radius 3 is 2.41 bits per heavy atom. The first-order valence-corrected chi connectivity index (χ1v) is 13.9. The van der Waals surface area contributed by atoms with E-state index in [4.69, 9.17) is 19.6 Å². The standard InChI is InChI=1S/C33H29F2N5O4/c34-27-11-6-12-28(35)26(27)21-37-32(42)33(20-24-10-4-5-13-29(24)39-40-36)30(22-8-2-1-3-9-22)44-31(38-33)23-14-16-25(17-15-23)43-19-7-18-41/h1-6,8-17,30,41H,7,18-21H2,(H,37,42)/t30-,33-/m1/s1. The van der Waals surface area contributed by atoms with Crippen LogP contribution in [-0.2, 0) is 22.5 Å². The summed E-state index contributed by atoms with van der Waals surface area (Å²) in [6, 6.07) is 26.3. The number of azide groups is 1. The molecule has 11 heteroatoms. The molecule has 1 aliphatic heterocycles. The molecule has 44 heavy (non-hydrogen) atoms. The number of nitrogens with zero attached hydrogens (tertiary/aromatic N) is 4. The summed E-state index contributed by atoms with van der Waals surface area (Å²) in [7, 11) is 0. The van der Waals surface area contributed by atoms with Crippen LogP contribution in [0, 0.1) is 11.6 Å². The first kappa shape index (κ1) is 30.2. The summed E-state index contributed by atoms with van der Waals surface area (Å²) < 4.78 is 41.1. The maximum Gasteiger partial charge on any atom is 0.252 e. The smallest absolute Gasteiger partial charge is 0.252 e. The van der Waals surface area contributed by atoms with Gasteiger partial charge in [-0.2, -0.15) is 0 Å². The summed E-state index contributed by atoms with van der Waals surface area (Å²) >= 11 is 0. The summed E-state index contributed by atoms with van der Waals surface area (Å²) in [6.07, 6.45) is -0.523. The number of halogens is 2. The zero-order valence-corrected chi connectivity index (χ0v) is 23.6. The Balaban J connectivity index is 1.59.